The number of pyridine rings is 1. The first-order chi connectivity index (χ1) is 13.2. The average Bonchev–Trinajstić information content (AvgIpc) is 2.69. The van der Waals surface area contributed by atoms with Crippen LogP contribution in [0.4, 0.5) is 32.3 Å². The lowest BCUT2D eigenvalue weighted by Gasteiger charge is -2.09. The first kappa shape index (κ1) is 18.1. The third-order valence-corrected chi connectivity index (χ3v) is 3.42. The van der Waals surface area contributed by atoms with Crippen LogP contribution in [0.3, 0.4) is 0 Å². The van der Waals surface area contributed by atoms with Crippen molar-refractivity contribution in [1.82, 2.24) is 20.5 Å². The van der Waals surface area contributed by atoms with Crippen LogP contribution in [0.25, 0.3) is 0 Å². The summed E-state index contributed by atoms with van der Waals surface area (Å²) < 4.78 is 13.5. The molecule has 2 heterocycles. The maximum atomic E-state index is 13.5. The summed E-state index contributed by atoms with van der Waals surface area (Å²) in [6.07, 6.45) is 1.68. The molecule has 0 aliphatic heterocycles. The average molecular weight is 367 g/mol. The zero-order valence-electron chi connectivity index (χ0n) is 14.3. The normalized spacial score (nSPS) is 10.1. The second-order valence-electron chi connectivity index (χ2n) is 5.43. The van der Waals surface area contributed by atoms with Crippen LogP contribution >= 0.6 is 0 Å². The monoisotopic (exact) mass is 367 g/mol. The van der Waals surface area contributed by atoms with Gasteiger partial charge in [-0.2, -0.15) is 0 Å². The molecule has 0 fully saturated rings. The van der Waals surface area contributed by atoms with Crippen molar-refractivity contribution in [3.8, 4) is 0 Å². The molecule has 0 atom stereocenters. The van der Waals surface area contributed by atoms with Gasteiger partial charge in [-0.3, -0.25) is 0 Å². The highest BCUT2D eigenvalue weighted by Gasteiger charge is 2.05. The van der Waals surface area contributed by atoms with Crippen molar-refractivity contribution in [2.24, 2.45) is 0 Å². The van der Waals surface area contributed by atoms with Gasteiger partial charge < -0.3 is 21.3 Å². The van der Waals surface area contributed by atoms with Crippen molar-refractivity contribution in [3.05, 3.63) is 66.6 Å². The fraction of sp³-hybridized carbons (Fsp3) is 0.111. The minimum atomic E-state index is -0.486. The van der Waals surface area contributed by atoms with Crippen molar-refractivity contribution in [1.29, 1.82) is 0 Å². The molecule has 8 nitrogen and oxygen atoms in total. The van der Waals surface area contributed by atoms with E-state index in [9.17, 15) is 9.18 Å². The Morgan fingerprint density at radius 3 is 2.41 bits per heavy atom. The SMILES string of the molecule is O=C(NCCNc1ccc(Nc2ccccn2)nn1)Nc1ccccc1F. The number of benzene rings is 1. The van der Waals surface area contributed by atoms with Gasteiger partial charge in [0.25, 0.3) is 0 Å². The first-order valence-corrected chi connectivity index (χ1v) is 8.26. The van der Waals surface area contributed by atoms with E-state index < -0.39 is 11.8 Å². The van der Waals surface area contributed by atoms with Crippen molar-refractivity contribution in [2.75, 3.05) is 29.0 Å². The maximum Gasteiger partial charge on any atom is 0.319 e. The highest BCUT2D eigenvalue weighted by atomic mass is 19.1. The van der Waals surface area contributed by atoms with Gasteiger partial charge in [0.1, 0.15) is 17.5 Å². The molecule has 0 unspecified atom stereocenters. The summed E-state index contributed by atoms with van der Waals surface area (Å²) in [7, 11) is 0. The summed E-state index contributed by atoms with van der Waals surface area (Å²) in [5.74, 6) is 1.33. The predicted octanol–water partition coefficient (Wildman–Crippen LogP) is 2.99. The molecule has 2 amide bonds. The van der Waals surface area contributed by atoms with Gasteiger partial charge in [-0.15, -0.1) is 10.2 Å². The number of para-hydroxylation sites is 1. The Labute approximate surface area is 155 Å². The highest BCUT2D eigenvalue weighted by Crippen LogP contribution is 2.12. The van der Waals surface area contributed by atoms with Gasteiger partial charge in [-0.25, -0.2) is 14.2 Å². The molecule has 0 bridgehead atoms. The topological polar surface area (TPSA) is 104 Å². The molecular formula is C18H18FN7O. The van der Waals surface area contributed by atoms with Crippen LogP contribution in [-0.2, 0) is 0 Å². The molecular weight excluding hydrogens is 349 g/mol. The molecule has 0 spiro atoms. The minimum Gasteiger partial charge on any atom is -0.367 e. The van der Waals surface area contributed by atoms with Crippen LogP contribution in [-0.4, -0.2) is 34.3 Å². The molecule has 2 aromatic heterocycles. The van der Waals surface area contributed by atoms with E-state index in [1.54, 1.807) is 30.5 Å². The van der Waals surface area contributed by atoms with Crippen molar-refractivity contribution in [2.45, 2.75) is 0 Å². The Morgan fingerprint density at radius 1 is 0.889 bits per heavy atom. The number of carbonyl (C=O) groups is 1. The zero-order chi connectivity index (χ0) is 18.9. The number of anilines is 4. The Balaban J connectivity index is 1.39. The van der Waals surface area contributed by atoms with Gasteiger partial charge in [0.15, 0.2) is 5.82 Å². The van der Waals surface area contributed by atoms with Gasteiger partial charge >= 0.3 is 6.03 Å². The molecule has 0 aliphatic carbocycles. The van der Waals surface area contributed by atoms with Crippen LogP contribution < -0.4 is 21.3 Å². The maximum absolute atomic E-state index is 13.5. The minimum absolute atomic E-state index is 0.129. The van der Waals surface area contributed by atoms with Crippen LogP contribution in [0.15, 0.2) is 60.8 Å². The lowest BCUT2D eigenvalue weighted by molar-refractivity contribution is 0.252. The van der Waals surface area contributed by atoms with Crippen LogP contribution in [0.5, 0.6) is 0 Å². The predicted molar refractivity (Wildman–Crippen MR) is 101 cm³/mol. The fourth-order valence-electron chi connectivity index (χ4n) is 2.16. The summed E-state index contributed by atoms with van der Waals surface area (Å²) in [6.45, 7) is 0.766. The van der Waals surface area contributed by atoms with Crippen molar-refractivity contribution >= 4 is 29.2 Å². The smallest absolute Gasteiger partial charge is 0.319 e. The number of amides is 2. The lowest BCUT2D eigenvalue weighted by Crippen LogP contribution is -2.33. The molecule has 4 N–H and O–H groups in total. The molecule has 0 saturated carbocycles. The van der Waals surface area contributed by atoms with Gasteiger partial charge in [0.2, 0.25) is 0 Å². The number of halogens is 1. The molecule has 27 heavy (non-hydrogen) atoms. The third-order valence-electron chi connectivity index (χ3n) is 3.42. The second kappa shape index (κ2) is 9.09. The Kier molecular flexibility index (Phi) is 6.08. The molecule has 0 aliphatic rings. The number of carbonyl (C=O) groups excluding carboxylic acids is 1. The standard InChI is InChI=1S/C18H18FN7O/c19-13-5-1-2-6-14(13)23-18(27)22-12-11-21-16-8-9-17(26-25-16)24-15-7-3-4-10-20-15/h1-10H,11-12H2,(H,21,25)(H,20,24,26)(H2,22,23,27). The Hall–Kier alpha value is -3.75. The fourth-order valence-corrected chi connectivity index (χ4v) is 2.16. The lowest BCUT2D eigenvalue weighted by atomic mass is 10.3. The summed E-state index contributed by atoms with van der Waals surface area (Å²) in [5.41, 5.74) is 0.129. The van der Waals surface area contributed by atoms with E-state index in [1.165, 1.54) is 12.1 Å². The van der Waals surface area contributed by atoms with Gasteiger partial charge in [0, 0.05) is 19.3 Å². The van der Waals surface area contributed by atoms with Gasteiger partial charge in [0.05, 0.1) is 5.69 Å². The highest BCUT2D eigenvalue weighted by molar-refractivity contribution is 5.89. The zero-order valence-corrected chi connectivity index (χ0v) is 14.3. The summed E-state index contributed by atoms with van der Waals surface area (Å²) in [5, 5.41) is 19.2. The van der Waals surface area contributed by atoms with Crippen LogP contribution in [0.1, 0.15) is 0 Å². The Morgan fingerprint density at radius 2 is 1.67 bits per heavy atom. The van der Waals surface area contributed by atoms with Gasteiger partial charge in [-0.1, -0.05) is 18.2 Å². The van der Waals surface area contributed by atoms with E-state index in [0.29, 0.717) is 30.5 Å². The molecule has 3 rings (SSSR count). The van der Waals surface area contributed by atoms with Crippen LogP contribution in [0.2, 0.25) is 0 Å². The summed E-state index contributed by atoms with van der Waals surface area (Å²) >= 11 is 0. The molecule has 3 aromatic rings. The van der Waals surface area contributed by atoms with E-state index >= 15 is 0 Å². The quantitative estimate of drug-likeness (QED) is 0.479. The van der Waals surface area contributed by atoms with E-state index in [0.717, 1.165) is 0 Å². The molecule has 9 heteroatoms. The summed E-state index contributed by atoms with van der Waals surface area (Å²) in [6, 6.07) is 14.5. The number of nitrogens with zero attached hydrogens (tertiary/aromatic N) is 3. The number of hydrogen-bond donors (Lipinski definition) is 4. The van der Waals surface area contributed by atoms with Crippen molar-refractivity contribution < 1.29 is 9.18 Å². The third kappa shape index (κ3) is 5.63. The number of hydrogen-bond acceptors (Lipinski definition) is 6. The summed E-state index contributed by atoms with van der Waals surface area (Å²) in [4.78, 5) is 15.9. The van der Waals surface area contributed by atoms with E-state index in [1.807, 2.05) is 18.2 Å². The molecule has 138 valence electrons. The van der Waals surface area contributed by atoms with E-state index in [4.69, 9.17) is 0 Å². The number of aromatic nitrogens is 3. The number of nitrogens with one attached hydrogen (secondary N) is 4. The van der Waals surface area contributed by atoms with E-state index in [-0.39, 0.29) is 5.69 Å². The Bertz CT molecular complexity index is 874. The van der Waals surface area contributed by atoms with Gasteiger partial charge in [-0.05, 0) is 36.4 Å². The van der Waals surface area contributed by atoms with E-state index in [2.05, 4.69) is 36.4 Å². The molecule has 0 saturated heterocycles. The largest absolute Gasteiger partial charge is 0.367 e. The molecule has 1 aromatic carbocycles. The van der Waals surface area contributed by atoms with Crippen molar-refractivity contribution in [3.63, 3.8) is 0 Å². The van der Waals surface area contributed by atoms with Crippen LogP contribution in [0, 0.1) is 5.82 Å². The number of rotatable bonds is 7. The first-order valence-electron chi connectivity index (χ1n) is 8.26. The molecule has 0 radical (unpaired) electrons. The number of urea groups is 1. The second-order valence-corrected chi connectivity index (χ2v) is 5.43.